The summed E-state index contributed by atoms with van der Waals surface area (Å²) >= 11 is 6.55. The van der Waals surface area contributed by atoms with E-state index in [2.05, 4.69) is 10.3 Å². The van der Waals surface area contributed by atoms with Gasteiger partial charge in [0.2, 0.25) is 5.95 Å². The standard InChI is InChI=1S/C25H25ClFN5/c26-19-7-3-2-6-18(19)23-22(15-9-11-17(28)12-10-15)24-21(31-23)14-30-25(32-24)29-13-16-5-1-4-8-20(16)27/h1-8,14-15,17,22H,9-13,28H2,(H,29,30,32). The van der Waals surface area contributed by atoms with E-state index in [1.54, 1.807) is 18.3 Å². The minimum atomic E-state index is -0.248. The van der Waals surface area contributed by atoms with Gasteiger partial charge in [0.25, 0.3) is 0 Å². The topological polar surface area (TPSA) is 76.2 Å². The molecule has 0 bridgehead atoms. The van der Waals surface area contributed by atoms with Crippen molar-refractivity contribution in [2.75, 3.05) is 5.32 Å². The molecule has 1 fully saturated rings. The molecular weight excluding hydrogens is 425 g/mol. The van der Waals surface area contributed by atoms with Crippen molar-refractivity contribution >= 4 is 28.9 Å². The second-order valence-corrected chi connectivity index (χ2v) is 8.95. The monoisotopic (exact) mass is 449 g/mol. The van der Waals surface area contributed by atoms with E-state index in [-0.39, 0.29) is 17.8 Å². The SMILES string of the molecule is NC1CCC(C2C(c3ccccc3Cl)=Nc3cnc(NCc4ccccc4F)nc32)CC1. The molecule has 1 saturated carbocycles. The lowest BCUT2D eigenvalue weighted by Gasteiger charge is -2.31. The highest BCUT2D eigenvalue weighted by Crippen LogP contribution is 2.46. The van der Waals surface area contributed by atoms with Crippen LogP contribution in [0.2, 0.25) is 5.02 Å². The number of aromatic nitrogens is 2. The Morgan fingerprint density at radius 2 is 1.78 bits per heavy atom. The van der Waals surface area contributed by atoms with Crippen LogP contribution in [-0.2, 0) is 6.54 Å². The number of halogens is 2. The van der Waals surface area contributed by atoms with E-state index >= 15 is 0 Å². The largest absolute Gasteiger partial charge is 0.350 e. The van der Waals surface area contributed by atoms with Crippen LogP contribution in [0.3, 0.4) is 0 Å². The summed E-state index contributed by atoms with van der Waals surface area (Å²) in [4.78, 5) is 14.2. The van der Waals surface area contributed by atoms with E-state index < -0.39 is 0 Å². The summed E-state index contributed by atoms with van der Waals surface area (Å²) in [6.45, 7) is 0.312. The summed E-state index contributed by atoms with van der Waals surface area (Å²) in [5, 5.41) is 3.85. The first-order valence-corrected chi connectivity index (χ1v) is 11.4. The molecule has 5 nitrogen and oxygen atoms in total. The first-order valence-electron chi connectivity index (χ1n) is 11.0. The molecule has 0 radical (unpaired) electrons. The van der Waals surface area contributed by atoms with Crippen LogP contribution >= 0.6 is 11.6 Å². The van der Waals surface area contributed by atoms with Gasteiger partial charge in [-0.05, 0) is 43.7 Å². The Balaban J connectivity index is 1.47. The maximum absolute atomic E-state index is 14.0. The molecular formula is C25H25ClFN5. The summed E-state index contributed by atoms with van der Waals surface area (Å²) in [7, 11) is 0. The number of nitrogens with one attached hydrogen (secondary N) is 1. The number of rotatable bonds is 5. The first-order chi connectivity index (χ1) is 15.6. The van der Waals surface area contributed by atoms with Gasteiger partial charge in [0.1, 0.15) is 11.5 Å². The molecule has 3 N–H and O–H groups in total. The fourth-order valence-electron chi connectivity index (χ4n) is 4.76. The smallest absolute Gasteiger partial charge is 0.223 e. The molecule has 1 aliphatic heterocycles. The molecule has 32 heavy (non-hydrogen) atoms. The van der Waals surface area contributed by atoms with E-state index in [0.717, 1.165) is 48.3 Å². The van der Waals surface area contributed by atoms with E-state index in [4.69, 9.17) is 27.3 Å². The Kier molecular flexibility index (Phi) is 5.89. The van der Waals surface area contributed by atoms with Gasteiger partial charge >= 0.3 is 0 Å². The van der Waals surface area contributed by atoms with Crippen molar-refractivity contribution in [3.05, 3.63) is 82.4 Å². The van der Waals surface area contributed by atoms with Gasteiger partial charge in [0.15, 0.2) is 0 Å². The van der Waals surface area contributed by atoms with Crippen molar-refractivity contribution in [2.24, 2.45) is 16.6 Å². The maximum atomic E-state index is 14.0. The van der Waals surface area contributed by atoms with E-state index in [1.807, 2.05) is 30.3 Å². The maximum Gasteiger partial charge on any atom is 0.223 e. The van der Waals surface area contributed by atoms with Crippen molar-refractivity contribution in [2.45, 2.75) is 44.2 Å². The van der Waals surface area contributed by atoms with Crippen molar-refractivity contribution in [3.63, 3.8) is 0 Å². The van der Waals surface area contributed by atoms with Gasteiger partial charge in [-0.1, -0.05) is 48.0 Å². The number of anilines is 1. The second-order valence-electron chi connectivity index (χ2n) is 8.54. The Labute approximate surface area is 192 Å². The van der Waals surface area contributed by atoms with E-state index in [1.165, 1.54) is 6.07 Å². The van der Waals surface area contributed by atoms with Crippen LogP contribution in [0.25, 0.3) is 0 Å². The lowest BCUT2D eigenvalue weighted by molar-refractivity contribution is 0.312. The van der Waals surface area contributed by atoms with Crippen LogP contribution in [0.15, 0.2) is 59.7 Å². The molecule has 164 valence electrons. The van der Waals surface area contributed by atoms with Crippen LogP contribution in [-0.4, -0.2) is 21.7 Å². The van der Waals surface area contributed by atoms with Gasteiger partial charge in [0, 0.05) is 34.7 Å². The third-order valence-electron chi connectivity index (χ3n) is 6.46. The van der Waals surface area contributed by atoms with E-state index in [0.29, 0.717) is 29.0 Å². The van der Waals surface area contributed by atoms with Gasteiger partial charge in [0.05, 0.1) is 17.6 Å². The lowest BCUT2D eigenvalue weighted by Crippen LogP contribution is -2.31. The summed E-state index contributed by atoms with van der Waals surface area (Å²) in [5.74, 6) is 0.650. The molecule has 5 rings (SSSR count). The third-order valence-corrected chi connectivity index (χ3v) is 6.79. The minimum Gasteiger partial charge on any atom is -0.350 e. The summed E-state index contributed by atoms with van der Waals surface area (Å²) in [6.07, 6.45) is 5.79. The normalized spacial score (nSPS) is 22.3. The van der Waals surface area contributed by atoms with Crippen molar-refractivity contribution in [3.8, 4) is 0 Å². The molecule has 0 amide bonds. The van der Waals surface area contributed by atoms with Gasteiger partial charge in [-0.3, -0.25) is 0 Å². The van der Waals surface area contributed by atoms with Gasteiger partial charge < -0.3 is 11.1 Å². The lowest BCUT2D eigenvalue weighted by atomic mass is 9.74. The number of nitrogens with two attached hydrogens (primary N) is 1. The van der Waals surface area contributed by atoms with Gasteiger partial charge in [-0.15, -0.1) is 0 Å². The summed E-state index contributed by atoms with van der Waals surface area (Å²) in [5.41, 5.74) is 10.3. The number of hydrogen-bond acceptors (Lipinski definition) is 5. The zero-order valence-corrected chi connectivity index (χ0v) is 18.4. The Morgan fingerprint density at radius 1 is 1.03 bits per heavy atom. The molecule has 1 unspecified atom stereocenters. The van der Waals surface area contributed by atoms with Gasteiger partial charge in [-0.2, -0.15) is 0 Å². The van der Waals surface area contributed by atoms with Crippen LogP contribution < -0.4 is 11.1 Å². The fraction of sp³-hybridized carbons (Fsp3) is 0.320. The first kappa shape index (κ1) is 21.0. The highest BCUT2D eigenvalue weighted by atomic mass is 35.5. The second kappa shape index (κ2) is 8.96. The molecule has 0 saturated heterocycles. The number of nitrogens with zero attached hydrogens (tertiary/aromatic N) is 3. The van der Waals surface area contributed by atoms with Crippen molar-refractivity contribution in [1.82, 2.24) is 9.97 Å². The van der Waals surface area contributed by atoms with Crippen LogP contribution in [0, 0.1) is 11.7 Å². The zero-order chi connectivity index (χ0) is 22.1. The van der Waals surface area contributed by atoms with Crippen molar-refractivity contribution in [1.29, 1.82) is 0 Å². The Bertz CT molecular complexity index is 1160. The predicted molar refractivity (Wildman–Crippen MR) is 126 cm³/mol. The number of fused-ring (bicyclic) bond motifs is 1. The zero-order valence-electron chi connectivity index (χ0n) is 17.6. The van der Waals surface area contributed by atoms with Crippen LogP contribution in [0.4, 0.5) is 16.0 Å². The quantitative estimate of drug-likeness (QED) is 0.530. The molecule has 1 atom stereocenters. The van der Waals surface area contributed by atoms with Crippen molar-refractivity contribution < 1.29 is 4.39 Å². The number of hydrogen-bond donors (Lipinski definition) is 2. The molecule has 2 aliphatic rings. The molecule has 3 aromatic rings. The predicted octanol–water partition coefficient (Wildman–Crippen LogP) is 5.62. The summed E-state index contributed by atoms with van der Waals surface area (Å²) < 4.78 is 14.0. The number of aliphatic imine (C=N–C) groups is 1. The third kappa shape index (κ3) is 4.12. The average molecular weight is 450 g/mol. The minimum absolute atomic E-state index is 0.0365. The number of benzene rings is 2. The van der Waals surface area contributed by atoms with Gasteiger partial charge in [-0.25, -0.2) is 19.4 Å². The Morgan fingerprint density at radius 3 is 2.56 bits per heavy atom. The fourth-order valence-corrected chi connectivity index (χ4v) is 4.99. The average Bonchev–Trinajstić information content (AvgIpc) is 3.18. The molecule has 7 heteroatoms. The molecule has 0 spiro atoms. The molecule has 2 aromatic carbocycles. The molecule has 2 heterocycles. The van der Waals surface area contributed by atoms with Crippen LogP contribution in [0.1, 0.15) is 48.4 Å². The van der Waals surface area contributed by atoms with E-state index in [9.17, 15) is 4.39 Å². The highest BCUT2D eigenvalue weighted by molar-refractivity contribution is 6.35. The van der Waals surface area contributed by atoms with Crippen LogP contribution in [0.5, 0.6) is 0 Å². The highest BCUT2D eigenvalue weighted by Gasteiger charge is 2.38. The Hall–Kier alpha value is -2.83. The molecule has 1 aromatic heterocycles. The molecule has 1 aliphatic carbocycles. The summed E-state index contributed by atoms with van der Waals surface area (Å²) in [6, 6.07) is 14.8.